The molecule has 9 nitrogen and oxygen atoms in total. The Hall–Kier alpha value is -2.52. The van der Waals surface area contributed by atoms with Crippen LogP contribution in [-0.4, -0.2) is 63.1 Å². The summed E-state index contributed by atoms with van der Waals surface area (Å²) in [5.41, 5.74) is 2.33. The van der Waals surface area contributed by atoms with E-state index in [0.717, 1.165) is 50.0 Å². The zero-order valence-electron chi connectivity index (χ0n) is 15.9. The topological polar surface area (TPSA) is 105 Å². The van der Waals surface area contributed by atoms with Crippen molar-refractivity contribution in [1.29, 1.82) is 0 Å². The summed E-state index contributed by atoms with van der Waals surface area (Å²) in [4.78, 5) is 26.9. The number of aromatic amines is 1. The van der Waals surface area contributed by atoms with Gasteiger partial charge in [0.15, 0.2) is 0 Å². The van der Waals surface area contributed by atoms with Crippen LogP contribution < -0.4 is 10.9 Å². The fourth-order valence-corrected chi connectivity index (χ4v) is 3.91. The van der Waals surface area contributed by atoms with Gasteiger partial charge >= 0.3 is 0 Å². The highest BCUT2D eigenvalue weighted by Crippen LogP contribution is 2.17. The molecule has 1 unspecified atom stereocenters. The molecule has 4 rings (SSSR count). The van der Waals surface area contributed by atoms with E-state index in [-0.39, 0.29) is 17.5 Å². The van der Waals surface area contributed by atoms with E-state index in [1.807, 2.05) is 0 Å². The maximum Gasteiger partial charge on any atom is 0.267 e. The van der Waals surface area contributed by atoms with Gasteiger partial charge in [-0.1, -0.05) is 6.42 Å². The van der Waals surface area contributed by atoms with Gasteiger partial charge in [0, 0.05) is 43.4 Å². The molecular formula is C19H26N6O3. The van der Waals surface area contributed by atoms with Crippen molar-refractivity contribution in [3.63, 3.8) is 0 Å². The van der Waals surface area contributed by atoms with Gasteiger partial charge in [-0.3, -0.25) is 19.6 Å². The van der Waals surface area contributed by atoms with Crippen LogP contribution in [0.4, 0.5) is 0 Å². The largest absolute Gasteiger partial charge is 0.376 e. The summed E-state index contributed by atoms with van der Waals surface area (Å²) < 4.78 is 6.97. The summed E-state index contributed by atoms with van der Waals surface area (Å²) in [5.74, 6) is -0.117. The van der Waals surface area contributed by atoms with Gasteiger partial charge in [0.05, 0.1) is 37.2 Å². The summed E-state index contributed by atoms with van der Waals surface area (Å²) in [5, 5.41) is 14.0. The Morgan fingerprint density at radius 2 is 2.29 bits per heavy atom. The van der Waals surface area contributed by atoms with Crippen LogP contribution in [0.3, 0.4) is 0 Å². The van der Waals surface area contributed by atoms with Gasteiger partial charge in [-0.05, 0) is 19.4 Å². The van der Waals surface area contributed by atoms with E-state index < -0.39 is 0 Å². The SMILES string of the molecule is O=C(NCC1CCCCN1CCn1nc2c(cc1=O)COCC2)c1cn[nH]c1. The predicted octanol–water partition coefficient (Wildman–Crippen LogP) is 0.324. The van der Waals surface area contributed by atoms with Crippen LogP contribution in [0.5, 0.6) is 0 Å². The minimum atomic E-state index is -0.117. The molecule has 0 aliphatic carbocycles. The van der Waals surface area contributed by atoms with Crippen molar-refractivity contribution in [2.45, 2.75) is 44.9 Å². The standard InChI is InChI=1S/C19H26N6O3/c26-18-9-14-13-28-8-4-17(14)23-25(18)7-6-24-5-2-1-3-16(24)12-20-19(27)15-10-21-22-11-15/h9-11,16H,1-8,12-13H2,(H,20,27)(H,21,22). The number of ether oxygens (including phenoxy) is 1. The number of amides is 1. The highest BCUT2D eigenvalue weighted by molar-refractivity contribution is 5.93. The monoisotopic (exact) mass is 386 g/mol. The number of carbonyl (C=O) groups is 1. The number of fused-ring (bicyclic) bond motifs is 1. The Morgan fingerprint density at radius 1 is 1.36 bits per heavy atom. The van der Waals surface area contributed by atoms with Gasteiger partial charge in [0.25, 0.3) is 11.5 Å². The first kappa shape index (κ1) is 18.8. The number of hydrogen-bond donors (Lipinski definition) is 2. The maximum atomic E-state index is 12.4. The van der Waals surface area contributed by atoms with E-state index >= 15 is 0 Å². The van der Waals surface area contributed by atoms with Gasteiger partial charge < -0.3 is 10.1 Å². The molecule has 1 atom stereocenters. The highest BCUT2D eigenvalue weighted by atomic mass is 16.5. The van der Waals surface area contributed by atoms with E-state index in [1.165, 1.54) is 6.20 Å². The number of H-pyrrole nitrogens is 1. The fourth-order valence-electron chi connectivity index (χ4n) is 3.91. The Labute approximate surface area is 163 Å². The van der Waals surface area contributed by atoms with Crippen LogP contribution in [0.2, 0.25) is 0 Å². The molecule has 2 N–H and O–H groups in total. The molecule has 4 heterocycles. The summed E-state index contributed by atoms with van der Waals surface area (Å²) in [7, 11) is 0. The molecule has 1 fully saturated rings. The molecule has 0 saturated carbocycles. The third-order valence-corrected chi connectivity index (χ3v) is 5.51. The van der Waals surface area contributed by atoms with Gasteiger partial charge in [-0.25, -0.2) is 4.68 Å². The van der Waals surface area contributed by atoms with Gasteiger partial charge in [-0.2, -0.15) is 10.2 Å². The van der Waals surface area contributed by atoms with E-state index in [2.05, 4.69) is 25.5 Å². The second kappa shape index (κ2) is 8.66. The number of likely N-dealkylation sites (tertiary alicyclic amines) is 1. The van der Waals surface area contributed by atoms with Crippen LogP contribution in [0.15, 0.2) is 23.3 Å². The molecule has 2 aromatic heterocycles. The average Bonchev–Trinajstić information content (AvgIpc) is 3.26. The first-order chi connectivity index (χ1) is 13.7. The number of piperidine rings is 1. The summed E-state index contributed by atoms with van der Waals surface area (Å²) in [6, 6.07) is 1.92. The summed E-state index contributed by atoms with van der Waals surface area (Å²) in [6.07, 6.45) is 7.19. The Morgan fingerprint density at radius 3 is 3.14 bits per heavy atom. The molecule has 2 aliphatic rings. The summed E-state index contributed by atoms with van der Waals surface area (Å²) in [6.45, 7) is 3.99. The Kier molecular flexibility index (Phi) is 5.82. The number of carbonyl (C=O) groups excluding carboxylic acids is 1. The van der Waals surface area contributed by atoms with Gasteiger partial charge in [-0.15, -0.1) is 0 Å². The second-order valence-corrected chi connectivity index (χ2v) is 7.36. The maximum absolute atomic E-state index is 12.4. The molecule has 1 amide bonds. The van der Waals surface area contributed by atoms with Crippen LogP contribution >= 0.6 is 0 Å². The zero-order valence-corrected chi connectivity index (χ0v) is 15.9. The van der Waals surface area contributed by atoms with Crippen molar-refractivity contribution in [2.24, 2.45) is 0 Å². The minimum Gasteiger partial charge on any atom is -0.376 e. The first-order valence-corrected chi connectivity index (χ1v) is 9.89. The van der Waals surface area contributed by atoms with Crippen molar-refractivity contribution in [3.8, 4) is 0 Å². The van der Waals surface area contributed by atoms with Crippen molar-refractivity contribution >= 4 is 5.91 Å². The smallest absolute Gasteiger partial charge is 0.267 e. The number of nitrogens with one attached hydrogen (secondary N) is 2. The zero-order chi connectivity index (χ0) is 19.3. The van der Waals surface area contributed by atoms with E-state index in [9.17, 15) is 9.59 Å². The Balaban J connectivity index is 1.36. The quantitative estimate of drug-likeness (QED) is 0.741. The predicted molar refractivity (Wildman–Crippen MR) is 102 cm³/mol. The lowest BCUT2D eigenvalue weighted by atomic mass is 10.0. The van der Waals surface area contributed by atoms with Crippen LogP contribution in [0.25, 0.3) is 0 Å². The molecule has 2 aromatic rings. The third-order valence-electron chi connectivity index (χ3n) is 5.51. The third kappa shape index (κ3) is 4.31. The Bertz CT molecular complexity index is 863. The van der Waals surface area contributed by atoms with Crippen LogP contribution in [0, 0.1) is 0 Å². The molecular weight excluding hydrogens is 360 g/mol. The lowest BCUT2D eigenvalue weighted by Crippen LogP contribution is -2.48. The molecule has 0 radical (unpaired) electrons. The highest BCUT2D eigenvalue weighted by Gasteiger charge is 2.23. The molecule has 0 spiro atoms. The van der Waals surface area contributed by atoms with Gasteiger partial charge in [0.2, 0.25) is 0 Å². The number of nitrogens with zero attached hydrogens (tertiary/aromatic N) is 4. The molecule has 150 valence electrons. The number of aromatic nitrogens is 4. The van der Waals surface area contributed by atoms with Crippen LogP contribution in [0.1, 0.15) is 40.9 Å². The van der Waals surface area contributed by atoms with Crippen LogP contribution in [-0.2, 0) is 24.3 Å². The van der Waals surface area contributed by atoms with E-state index in [0.29, 0.717) is 31.9 Å². The van der Waals surface area contributed by atoms with E-state index in [4.69, 9.17) is 4.74 Å². The first-order valence-electron chi connectivity index (χ1n) is 9.89. The average molecular weight is 386 g/mol. The molecule has 0 bridgehead atoms. The van der Waals surface area contributed by atoms with Crippen molar-refractivity contribution in [2.75, 3.05) is 26.2 Å². The van der Waals surface area contributed by atoms with Crippen molar-refractivity contribution in [3.05, 3.63) is 45.6 Å². The number of rotatable bonds is 6. The van der Waals surface area contributed by atoms with E-state index in [1.54, 1.807) is 16.9 Å². The number of hydrogen-bond acceptors (Lipinski definition) is 6. The normalized spacial score (nSPS) is 19.9. The summed E-state index contributed by atoms with van der Waals surface area (Å²) >= 11 is 0. The van der Waals surface area contributed by atoms with Gasteiger partial charge in [0.1, 0.15) is 0 Å². The molecule has 1 saturated heterocycles. The fraction of sp³-hybridized carbons (Fsp3) is 0.579. The second-order valence-electron chi connectivity index (χ2n) is 7.36. The minimum absolute atomic E-state index is 0.0777. The lowest BCUT2D eigenvalue weighted by molar-refractivity contribution is 0.0907. The molecule has 9 heteroatoms. The molecule has 28 heavy (non-hydrogen) atoms. The molecule has 0 aromatic carbocycles. The van der Waals surface area contributed by atoms with Crippen molar-refractivity contribution in [1.82, 2.24) is 30.2 Å². The lowest BCUT2D eigenvalue weighted by Gasteiger charge is -2.35. The molecule has 2 aliphatic heterocycles. The van der Waals surface area contributed by atoms with Crippen molar-refractivity contribution < 1.29 is 9.53 Å².